The molecule has 0 aromatic heterocycles. The largest absolute Gasteiger partial charge is 0.497 e. The number of hydrogen-bond donors (Lipinski definition) is 1. The van der Waals surface area contributed by atoms with Gasteiger partial charge in [0.05, 0.1) is 27.2 Å². The van der Waals surface area contributed by atoms with Crippen molar-refractivity contribution in [1.82, 2.24) is 5.32 Å². The van der Waals surface area contributed by atoms with Gasteiger partial charge in [-0.15, -0.1) is 0 Å². The zero-order chi connectivity index (χ0) is 23.4. The van der Waals surface area contributed by atoms with E-state index in [1.807, 2.05) is 18.2 Å². The minimum absolute atomic E-state index is 0.0470. The van der Waals surface area contributed by atoms with Crippen LogP contribution in [-0.2, 0) is 9.59 Å². The van der Waals surface area contributed by atoms with E-state index >= 15 is 0 Å². The summed E-state index contributed by atoms with van der Waals surface area (Å²) in [7, 11) is 4.79. The summed E-state index contributed by atoms with van der Waals surface area (Å²) in [6.45, 7) is 2.11. The van der Waals surface area contributed by atoms with Crippen molar-refractivity contribution < 1.29 is 23.8 Å². The molecule has 0 radical (unpaired) electrons. The van der Waals surface area contributed by atoms with Gasteiger partial charge < -0.3 is 29.3 Å². The molecular formula is C25H31N3O5. The standard InChI is InChI=1S/C25H31N3O5/c1-31-21-7-4-19(5-8-21)27-12-10-18(11-13-27)26-25(30)17-14-24(29)28(16-17)20-6-9-22(32-2)23(15-20)33-3/h4-9,15,17-18H,10-14,16H2,1-3H3,(H,26,30). The van der Waals surface area contributed by atoms with E-state index in [9.17, 15) is 9.59 Å². The number of ether oxygens (including phenoxy) is 3. The number of nitrogens with one attached hydrogen (secondary N) is 1. The molecule has 8 heteroatoms. The van der Waals surface area contributed by atoms with Gasteiger partial charge in [0.2, 0.25) is 11.8 Å². The minimum Gasteiger partial charge on any atom is -0.497 e. The molecule has 2 fully saturated rings. The van der Waals surface area contributed by atoms with Gasteiger partial charge in [-0.3, -0.25) is 9.59 Å². The molecular weight excluding hydrogens is 422 g/mol. The zero-order valence-electron chi connectivity index (χ0n) is 19.4. The minimum atomic E-state index is -0.356. The molecule has 1 N–H and O–H groups in total. The van der Waals surface area contributed by atoms with Gasteiger partial charge in [0.15, 0.2) is 11.5 Å². The molecule has 2 amide bonds. The molecule has 1 unspecified atom stereocenters. The summed E-state index contributed by atoms with van der Waals surface area (Å²) in [4.78, 5) is 29.5. The Balaban J connectivity index is 1.31. The van der Waals surface area contributed by atoms with Gasteiger partial charge in [-0.05, 0) is 49.2 Å². The van der Waals surface area contributed by atoms with Crippen molar-refractivity contribution >= 4 is 23.2 Å². The van der Waals surface area contributed by atoms with Crippen LogP contribution in [0.25, 0.3) is 0 Å². The first-order chi connectivity index (χ1) is 16.0. The third-order valence-electron chi connectivity index (χ3n) is 6.45. The lowest BCUT2D eigenvalue weighted by molar-refractivity contribution is -0.127. The first kappa shape index (κ1) is 22.8. The van der Waals surface area contributed by atoms with Crippen LogP contribution in [0.2, 0.25) is 0 Å². The second kappa shape index (κ2) is 10.0. The smallest absolute Gasteiger partial charge is 0.227 e. The highest BCUT2D eigenvalue weighted by atomic mass is 16.5. The Bertz CT molecular complexity index is 986. The molecule has 2 heterocycles. The van der Waals surface area contributed by atoms with Gasteiger partial charge in [-0.1, -0.05) is 0 Å². The highest BCUT2D eigenvalue weighted by Gasteiger charge is 2.36. The summed E-state index contributed by atoms with van der Waals surface area (Å²) in [5.74, 6) is 1.53. The van der Waals surface area contributed by atoms with E-state index in [1.165, 1.54) is 0 Å². The highest BCUT2D eigenvalue weighted by Crippen LogP contribution is 2.34. The molecule has 0 bridgehead atoms. The lowest BCUT2D eigenvalue weighted by atomic mass is 10.0. The van der Waals surface area contributed by atoms with E-state index < -0.39 is 0 Å². The van der Waals surface area contributed by atoms with E-state index in [0.29, 0.717) is 23.7 Å². The predicted octanol–water partition coefficient (Wildman–Crippen LogP) is 2.85. The second-order valence-electron chi connectivity index (χ2n) is 8.41. The number of piperidine rings is 1. The van der Waals surface area contributed by atoms with Crippen molar-refractivity contribution in [3.05, 3.63) is 42.5 Å². The zero-order valence-corrected chi connectivity index (χ0v) is 19.4. The molecule has 2 aromatic rings. The van der Waals surface area contributed by atoms with Crippen molar-refractivity contribution in [3.8, 4) is 17.2 Å². The molecule has 2 aliphatic rings. The molecule has 8 nitrogen and oxygen atoms in total. The maximum Gasteiger partial charge on any atom is 0.227 e. The summed E-state index contributed by atoms with van der Waals surface area (Å²) < 4.78 is 15.8. The van der Waals surface area contributed by atoms with E-state index in [1.54, 1.807) is 38.4 Å². The maximum atomic E-state index is 12.9. The summed E-state index contributed by atoms with van der Waals surface area (Å²) >= 11 is 0. The van der Waals surface area contributed by atoms with Crippen molar-refractivity contribution in [2.75, 3.05) is 50.8 Å². The third-order valence-corrected chi connectivity index (χ3v) is 6.45. The van der Waals surface area contributed by atoms with Crippen LogP contribution in [0.15, 0.2) is 42.5 Å². The number of rotatable bonds is 7. The lowest BCUT2D eigenvalue weighted by Crippen LogP contribution is -2.46. The van der Waals surface area contributed by atoms with Crippen LogP contribution in [0.5, 0.6) is 17.2 Å². The van der Waals surface area contributed by atoms with Crippen LogP contribution in [0, 0.1) is 5.92 Å². The van der Waals surface area contributed by atoms with Gasteiger partial charge in [0.25, 0.3) is 0 Å². The van der Waals surface area contributed by atoms with E-state index in [4.69, 9.17) is 14.2 Å². The fraction of sp³-hybridized carbons (Fsp3) is 0.440. The molecule has 2 aliphatic heterocycles. The van der Waals surface area contributed by atoms with Gasteiger partial charge in [0.1, 0.15) is 5.75 Å². The summed E-state index contributed by atoms with van der Waals surface area (Å²) in [5.41, 5.74) is 1.87. The Morgan fingerprint density at radius 2 is 1.58 bits per heavy atom. The Morgan fingerprint density at radius 1 is 0.909 bits per heavy atom. The van der Waals surface area contributed by atoms with E-state index in [2.05, 4.69) is 22.3 Å². The van der Waals surface area contributed by atoms with Gasteiger partial charge in [-0.2, -0.15) is 0 Å². The topological polar surface area (TPSA) is 80.3 Å². The van der Waals surface area contributed by atoms with Crippen molar-refractivity contribution in [2.24, 2.45) is 5.92 Å². The molecule has 0 spiro atoms. The average Bonchev–Trinajstić information content (AvgIpc) is 3.26. The van der Waals surface area contributed by atoms with Crippen LogP contribution in [0.1, 0.15) is 19.3 Å². The number of hydrogen-bond acceptors (Lipinski definition) is 6. The normalized spacial score (nSPS) is 18.9. The van der Waals surface area contributed by atoms with Crippen molar-refractivity contribution in [1.29, 1.82) is 0 Å². The first-order valence-corrected chi connectivity index (χ1v) is 11.2. The number of anilines is 2. The highest BCUT2D eigenvalue weighted by molar-refractivity contribution is 6.00. The second-order valence-corrected chi connectivity index (χ2v) is 8.41. The predicted molar refractivity (Wildman–Crippen MR) is 126 cm³/mol. The Kier molecular flexibility index (Phi) is 6.91. The number of carbonyl (C=O) groups excluding carboxylic acids is 2. The van der Waals surface area contributed by atoms with Crippen LogP contribution in [0.4, 0.5) is 11.4 Å². The molecule has 4 rings (SSSR count). The third kappa shape index (κ3) is 4.99. The van der Waals surface area contributed by atoms with Gasteiger partial charge in [0, 0.05) is 49.5 Å². The Morgan fingerprint density at radius 3 is 2.21 bits per heavy atom. The van der Waals surface area contributed by atoms with Crippen LogP contribution in [0.3, 0.4) is 0 Å². The number of amides is 2. The van der Waals surface area contributed by atoms with E-state index in [-0.39, 0.29) is 30.2 Å². The fourth-order valence-electron chi connectivity index (χ4n) is 4.52. The van der Waals surface area contributed by atoms with Gasteiger partial charge in [-0.25, -0.2) is 0 Å². The fourth-order valence-corrected chi connectivity index (χ4v) is 4.52. The number of methoxy groups -OCH3 is 3. The quantitative estimate of drug-likeness (QED) is 0.695. The van der Waals surface area contributed by atoms with Crippen molar-refractivity contribution in [2.45, 2.75) is 25.3 Å². The van der Waals surface area contributed by atoms with Crippen LogP contribution >= 0.6 is 0 Å². The monoisotopic (exact) mass is 453 g/mol. The maximum absolute atomic E-state index is 12.9. The molecule has 1 atom stereocenters. The molecule has 33 heavy (non-hydrogen) atoms. The molecule has 2 saturated heterocycles. The summed E-state index contributed by atoms with van der Waals surface area (Å²) in [6, 6.07) is 13.5. The van der Waals surface area contributed by atoms with Crippen LogP contribution < -0.4 is 29.3 Å². The summed E-state index contributed by atoms with van der Waals surface area (Å²) in [6.07, 6.45) is 1.96. The van der Waals surface area contributed by atoms with Gasteiger partial charge >= 0.3 is 0 Å². The van der Waals surface area contributed by atoms with Crippen LogP contribution in [-0.4, -0.2) is 58.8 Å². The number of benzene rings is 2. The first-order valence-electron chi connectivity index (χ1n) is 11.2. The Labute approximate surface area is 194 Å². The molecule has 176 valence electrons. The summed E-state index contributed by atoms with van der Waals surface area (Å²) in [5, 5.41) is 3.18. The molecule has 2 aromatic carbocycles. The average molecular weight is 454 g/mol. The molecule has 0 saturated carbocycles. The number of nitrogens with zero attached hydrogens (tertiary/aromatic N) is 2. The van der Waals surface area contributed by atoms with E-state index in [0.717, 1.165) is 37.4 Å². The molecule has 0 aliphatic carbocycles. The Hall–Kier alpha value is -3.42. The number of carbonyl (C=O) groups is 2. The SMILES string of the molecule is COc1ccc(N2CCC(NC(=O)C3CC(=O)N(c4ccc(OC)c(OC)c4)C3)CC2)cc1. The van der Waals surface area contributed by atoms with Crippen molar-refractivity contribution in [3.63, 3.8) is 0 Å². The lowest BCUT2D eigenvalue weighted by Gasteiger charge is -2.34.